The molecule has 0 bridgehead atoms. The van der Waals surface area contributed by atoms with Crippen LogP contribution in [0.25, 0.3) is 0 Å². The standard InChI is InChI=1S/C14H22N2O3S/c1-10(2)19-14(17)6-13-15-12(9-20-13)7-16-4-5-18-8-11(16)3/h9-11H,4-8H2,1-3H3/t11-/m1/s1. The second-order valence-corrected chi connectivity index (χ2v) is 6.29. The lowest BCUT2D eigenvalue weighted by Crippen LogP contribution is -2.42. The summed E-state index contributed by atoms with van der Waals surface area (Å²) < 4.78 is 10.6. The van der Waals surface area contributed by atoms with Crippen LogP contribution >= 0.6 is 11.3 Å². The lowest BCUT2D eigenvalue weighted by atomic mass is 10.2. The molecule has 0 spiro atoms. The first kappa shape index (κ1) is 15.4. The highest BCUT2D eigenvalue weighted by Gasteiger charge is 2.20. The van der Waals surface area contributed by atoms with E-state index in [1.54, 1.807) is 0 Å². The number of nitrogens with zero attached hydrogens (tertiary/aromatic N) is 2. The average molecular weight is 298 g/mol. The maximum Gasteiger partial charge on any atom is 0.312 e. The van der Waals surface area contributed by atoms with Crippen LogP contribution in [-0.2, 0) is 27.2 Å². The SMILES string of the molecule is CC(C)OC(=O)Cc1nc(CN2CCOC[C@H]2C)cs1. The summed E-state index contributed by atoms with van der Waals surface area (Å²) in [5, 5.41) is 2.85. The van der Waals surface area contributed by atoms with Gasteiger partial charge in [-0.25, -0.2) is 4.98 Å². The normalized spacial score (nSPS) is 20.3. The van der Waals surface area contributed by atoms with Crippen LogP contribution in [0.3, 0.4) is 0 Å². The highest BCUT2D eigenvalue weighted by Crippen LogP contribution is 2.16. The van der Waals surface area contributed by atoms with E-state index in [4.69, 9.17) is 9.47 Å². The maximum absolute atomic E-state index is 11.6. The van der Waals surface area contributed by atoms with Crippen LogP contribution in [0.1, 0.15) is 31.5 Å². The third kappa shape index (κ3) is 4.54. The van der Waals surface area contributed by atoms with Crippen molar-refractivity contribution in [3.63, 3.8) is 0 Å². The van der Waals surface area contributed by atoms with Gasteiger partial charge in [-0.05, 0) is 20.8 Å². The van der Waals surface area contributed by atoms with Gasteiger partial charge in [0.15, 0.2) is 0 Å². The summed E-state index contributed by atoms with van der Waals surface area (Å²) >= 11 is 1.52. The predicted octanol–water partition coefficient (Wildman–Crippen LogP) is 1.86. The molecule has 112 valence electrons. The first-order chi connectivity index (χ1) is 9.54. The van der Waals surface area contributed by atoms with Crippen molar-refractivity contribution in [2.45, 2.75) is 45.9 Å². The summed E-state index contributed by atoms with van der Waals surface area (Å²) in [6, 6.07) is 0.416. The summed E-state index contributed by atoms with van der Waals surface area (Å²) in [7, 11) is 0. The second kappa shape index (κ2) is 7.15. The molecule has 1 fully saturated rings. The van der Waals surface area contributed by atoms with Gasteiger partial charge in [-0.2, -0.15) is 0 Å². The molecule has 0 saturated carbocycles. The lowest BCUT2D eigenvalue weighted by Gasteiger charge is -2.32. The number of morpholine rings is 1. The van der Waals surface area contributed by atoms with Crippen molar-refractivity contribution in [2.24, 2.45) is 0 Å². The van der Waals surface area contributed by atoms with E-state index in [0.29, 0.717) is 6.04 Å². The topological polar surface area (TPSA) is 51.7 Å². The Morgan fingerprint density at radius 3 is 3.15 bits per heavy atom. The van der Waals surface area contributed by atoms with Crippen LogP contribution in [-0.4, -0.2) is 47.8 Å². The molecule has 0 radical (unpaired) electrons. The molecular weight excluding hydrogens is 276 g/mol. The fourth-order valence-corrected chi connectivity index (χ4v) is 2.91. The Balaban J connectivity index is 1.87. The minimum Gasteiger partial charge on any atom is -0.463 e. The molecule has 1 aromatic rings. The molecule has 0 amide bonds. The summed E-state index contributed by atoms with van der Waals surface area (Å²) in [5.41, 5.74) is 1.02. The fourth-order valence-electron chi connectivity index (χ4n) is 2.14. The van der Waals surface area contributed by atoms with Gasteiger partial charge >= 0.3 is 5.97 Å². The number of carbonyl (C=O) groups excluding carboxylic acids is 1. The Bertz CT molecular complexity index is 447. The van der Waals surface area contributed by atoms with Crippen molar-refractivity contribution in [1.29, 1.82) is 0 Å². The predicted molar refractivity (Wildman–Crippen MR) is 77.7 cm³/mol. The number of carbonyl (C=O) groups is 1. The molecule has 1 aliphatic heterocycles. The van der Waals surface area contributed by atoms with Crippen LogP contribution in [0.4, 0.5) is 0 Å². The molecule has 1 aromatic heterocycles. The molecule has 6 heteroatoms. The van der Waals surface area contributed by atoms with E-state index in [-0.39, 0.29) is 18.5 Å². The first-order valence-corrected chi connectivity index (χ1v) is 7.87. The fraction of sp³-hybridized carbons (Fsp3) is 0.714. The molecule has 1 aliphatic rings. The number of thiazole rings is 1. The molecule has 20 heavy (non-hydrogen) atoms. The Kier molecular flexibility index (Phi) is 5.51. The zero-order valence-electron chi connectivity index (χ0n) is 12.3. The number of esters is 1. The molecule has 1 atom stereocenters. The Hall–Kier alpha value is -0.980. The van der Waals surface area contributed by atoms with E-state index < -0.39 is 0 Å². The Labute approximate surface area is 123 Å². The van der Waals surface area contributed by atoms with Gasteiger partial charge in [0.05, 0.1) is 31.4 Å². The number of hydrogen-bond acceptors (Lipinski definition) is 6. The van der Waals surface area contributed by atoms with E-state index in [1.807, 2.05) is 19.2 Å². The van der Waals surface area contributed by atoms with Gasteiger partial charge in [-0.1, -0.05) is 0 Å². The van der Waals surface area contributed by atoms with Crippen LogP contribution in [0, 0.1) is 0 Å². The van der Waals surface area contributed by atoms with Gasteiger partial charge in [0.2, 0.25) is 0 Å². The number of rotatable bonds is 5. The number of ether oxygens (including phenoxy) is 2. The molecule has 1 saturated heterocycles. The number of hydrogen-bond donors (Lipinski definition) is 0. The molecule has 0 unspecified atom stereocenters. The molecular formula is C14H22N2O3S. The molecule has 5 nitrogen and oxygen atoms in total. The van der Waals surface area contributed by atoms with Crippen molar-refractivity contribution >= 4 is 17.3 Å². The third-order valence-electron chi connectivity index (χ3n) is 3.13. The Morgan fingerprint density at radius 1 is 1.65 bits per heavy atom. The molecule has 2 rings (SSSR count). The van der Waals surface area contributed by atoms with Gasteiger partial charge < -0.3 is 9.47 Å². The number of aromatic nitrogens is 1. The van der Waals surface area contributed by atoms with Gasteiger partial charge in [-0.3, -0.25) is 9.69 Å². The maximum atomic E-state index is 11.6. The van der Waals surface area contributed by atoms with E-state index in [1.165, 1.54) is 11.3 Å². The first-order valence-electron chi connectivity index (χ1n) is 6.99. The highest BCUT2D eigenvalue weighted by atomic mass is 32.1. The van der Waals surface area contributed by atoms with Crippen molar-refractivity contribution in [2.75, 3.05) is 19.8 Å². The van der Waals surface area contributed by atoms with E-state index in [9.17, 15) is 4.79 Å². The highest BCUT2D eigenvalue weighted by molar-refractivity contribution is 7.09. The largest absolute Gasteiger partial charge is 0.463 e. The summed E-state index contributed by atoms with van der Waals surface area (Å²) in [5.74, 6) is -0.208. The van der Waals surface area contributed by atoms with Gasteiger partial charge in [0.1, 0.15) is 5.01 Å². The van der Waals surface area contributed by atoms with Crippen LogP contribution < -0.4 is 0 Å². The molecule has 2 heterocycles. The van der Waals surface area contributed by atoms with E-state index in [2.05, 4.69) is 16.8 Å². The molecule has 0 N–H and O–H groups in total. The van der Waals surface area contributed by atoms with Crippen LogP contribution in [0.5, 0.6) is 0 Å². The lowest BCUT2D eigenvalue weighted by molar-refractivity contribution is -0.146. The smallest absolute Gasteiger partial charge is 0.312 e. The third-order valence-corrected chi connectivity index (χ3v) is 4.03. The van der Waals surface area contributed by atoms with Crippen molar-refractivity contribution in [1.82, 2.24) is 9.88 Å². The molecule has 0 aromatic carbocycles. The van der Waals surface area contributed by atoms with Gasteiger partial charge in [-0.15, -0.1) is 11.3 Å². The second-order valence-electron chi connectivity index (χ2n) is 5.34. The minimum atomic E-state index is -0.208. The van der Waals surface area contributed by atoms with Crippen molar-refractivity contribution in [3.8, 4) is 0 Å². The summed E-state index contributed by atoms with van der Waals surface area (Å²) in [4.78, 5) is 18.5. The average Bonchev–Trinajstić information content (AvgIpc) is 2.78. The quantitative estimate of drug-likeness (QED) is 0.777. The van der Waals surface area contributed by atoms with Crippen molar-refractivity contribution < 1.29 is 14.3 Å². The summed E-state index contributed by atoms with van der Waals surface area (Å²) in [6.45, 7) is 9.17. The van der Waals surface area contributed by atoms with Gasteiger partial charge in [0, 0.05) is 24.5 Å². The Morgan fingerprint density at radius 2 is 2.45 bits per heavy atom. The van der Waals surface area contributed by atoms with E-state index in [0.717, 1.165) is 37.0 Å². The monoisotopic (exact) mass is 298 g/mol. The van der Waals surface area contributed by atoms with Crippen LogP contribution in [0.15, 0.2) is 5.38 Å². The summed E-state index contributed by atoms with van der Waals surface area (Å²) in [6.07, 6.45) is 0.192. The van der Waals surface area contributed by atoms with Crippen molar-refractivity contribution in [3.05, 3.63) is 16.1 Å². The zero-order chi connectivity index (χ0) is 14.5. The minimum absolute atomic E-state index is 0.0730. The zero-order valence-corrected chi connectivity index (χ0v) is 13.1. The molecule has 0 aliphatic carbocycles. The van der Waals surface area contributed by atoms with Crippen LogP contribution in [0.2, 0.25) is 0 Å². The van der Waals surface area contributed by atoms with E-state index >= 15 is 0 Å². The van der Waals surface area contributed by atoms with Gasteiger partial charge in [0.25, 0.3) is 0 Å².